The molecule has 0 spiro atoms. The number of hydrogen-bond acceptors (Lipinski definition) is 25. The highest BCUT2D eigenvalue weighted by molar-refractivity contribution is 5.93. The fourth-order valence-electron chi connectivity index (χ4n) is 4.11. The number of rotatable bonds is 44. The first-order valence-electron chi connectivity index (χ1n) is 22.2. The van der Waals surface area contributed by atoms with Crippen LogP contribution < -0.4 is 11.1 Å². The summed E-state index contributed by atoms with van der Waals surface area (Å²) >= 11 is 0. The molecule has 0 amide bonds. The van der Waals surface area contributed by atoms with Crippen LogP contribution in [0.2, 0.25) is 0 Å². The first kappa shape index (κ1) is 70.7. The van der Waals surface area contributed by atoms with E-state index in [9.17, 15) is 10.1 Å². The van der Waals surface area contributed by atoms with Crippen LogP contribution in [0.15, 0.2) is 37.2 Å². The van der Waals surface area contributed by atoms with Gasteiger partial charge in [0.05, 0.1) is 169 Å². The number of azide groups is 4. The van der Waals surface area contributed by atoms with Crippen LogP contribution in [0.4, 0.5) is 11.4 Å². The summed E-state index contributed by atoms with van der Waals surface area (Å²) in [6.07, 6.45) is 0. The molecule has 0 fully saturated rings. The fraction of sp³-hybridized carbons (Fsp3) is 0.842. The van der Waals surface area contributed by atoms with E-state index in [-0.39, 0.29) is 24.4 Å². The first-order chi connectivity index (χ1) is 35.4. The molecular formula is C38H73N17O17. The van der Waals surface area contributed by atoms with E-state index in [1.807, 2.05) is 0 Å². The van der Waals surface area contributed by atoms with Crippen molar-refractivity contribution in [2.45, 2.75) is 0 Å². The van der Waals surface area contributed by atoms with Crippen LogP contribution in [0.1, 0.15) is 0 Å². The van der Waals surface area contributed by atoms with Crippen LogP contribution in [0.5, 0.6) is 0 Å². The summed E-state index contributed by atoms with van der Waals surface area (Å²) in [7, 11) is 3.30. The number of ether oxygens (including phenoxy) is 12. The molecule has 0 aliphatic heterocycles. The first-order valence-corrected chi connectivity index (χ1v) is 22.2. The number of hydrogen-bond donors (Lipinski definition) is 4. The molecule has 0 radical (unpaired) electrons. The van der Waals surface area contributed by atoms with Crippen molar-refractivity contribution in [3.8, 4) is 0 Å². The van der Waals surface area contributed by atoms with Gasteiger partial charge in [0.1, 0.15) is 0 Å². The monoisotopic (exact) mass is 1040 g/mol. The number of nitrogens with zero attached hydrogens (tertiary/aromatic N) is 15. The van der Waals surface area contributed by atoms with Gasteiger partial charge in [-0.25, -0.2) is 4.63 Å². The quantitative estimate of drug-likeness (QED) is 0.0185. The number of aliphatic hydroxyl groups is 2. The molecule has 2 rings (SSSR count). The Kier molecular flexibility index (Phi) is 62.3. The minimum atomic E-state index is -0.540. The van der Waals surface area contributed by atoms with Gasteiger partial charge in [-0.1, -0.05) is 20.5 Å². The van der Waals surface area contributed by atoms with Crippen molar-refractivity contribution >= 4 is 22.4 Å². The number of aliphatic hydroxyl groups excluding tert-OH is 2. The van der Waals surface area contributed by atoms with Crippen LogP contribution in [-0.2, 0) is 56.8 Å². The highest BCUT2D eigenvalue weighted by Crippen LogP contribution is 2.28. The van der Waals surface area contributed by atoms with Crippen molar-refractivity contribution in [1.82, 2.24) is 10.3 Å². The fourth-order valence-corrected chi connectivity index (χ4v) is 4.11. The molecule has 5 N–H and O–H groups in total. The third-order valence-corrected chi connectivity index (χ3v) is 7.21. The molecule has 34 nitrogen and oxygen atoms in total. The molecular weight excluding hydrogens is 967 g/mol. The van der Waals surface area contributed by atoms with Gasteiger partial charge in [0.25, 0.3) is 0 Å². The number of nitro benzene ring substituents is 1. The molecule has 0 bridgehead atoms. The van der Waals surface area contributed by atoms with Crippen LogP contribution in [0, 0.1) is 10.1 Å². The number of non-ortho nitro benzene ring substituents is 1. The molecule has 0 aliphatic rings. The number of nitro groups is 1. The second kappa shape index (κ2) is 63.5. The Hall–Kier alpha value is -5.54. The number of fused-ring (bicyclic) bond motifs is 1. The van der Waals surface area contributed by atoms with E-state index < -0.39 is 4.92 Å². The minimum absolute atomic E-state index is 0.0417. The SMILES string of the molecule is COCCOCCOCCOC.OCCOCCOCCO.[N-]=[N+]=NCCOCCOCCN.[N-]=[N+]=NCCOCCOCCN=[N+]=[N-].[N-]=[N+]=NCCOCCOCCNc1ccc([N+](=O)[O-])c2nonc12. The Morgan fingerprint density at radius 2 is 0.875 bits per heavy atom. The van der Waals surface area contributed by atoms with E-state index in [4.69, 9.17) is 94.9 Å². The number of aromatic nitrogens is 2. The Morgan fingerprint density at radius 1 is 0.542 bits per heavy atom. The lowest BCUT2D eigenvalue weighted by atomic mass is 10.2. The minimum Gasteiger partial charge on any atom is -0.394 e. The second-order valence-corrected chi connectivity index (χ2v) is 12.4. The number of anilines is 1. The highest BCUT2D eigenvalue weighted by atomic mass is 16.6. The zero-order valence-corrected chi connectivity index (χ0v) is 41.2. The summed E-state index contributed by atoms with van der Waals surface area (Å²) in [5.74, 6) is 0. The molecule has 0 aliphatic carbocycles. The van der Waals surface area contributed by atoms with E-state index in [1.54, 1.807) is 20.3 Å². The van der Waals surface area contributed by atoms with Gasteiger partial charge in [0.15, 0.2) is 5.52 Å². The van der Waals surface area contributed by atoms with Crippen molar-refractivity contribution < 1.29 is 76.6 Å². The molecule has 0 saturated carbocycles. The summed E-state index contributed by atoms with van der Waals surface area (Å²) in [5.41, 5.74) is 37.8. The molecule has 0 atom stereocenters. The Bertz CT molecular complexity index is 1650. The Labute approximate surface area is 416 Å². The topological polar surface area (TPSA) is 466 Å². The van der Waals surface area contributed by atoms with Gasteiger partial charge in [-0.05, 0) is 38.5 Å². The predicted molar refractivity (Wildman–Crippen MR) is 258 cm³/mol. The molecule has 1 heterocycles. The molecule has 72 heavy (non-hydrogen) atoms. The summed E-state index contributed by atoms with van der Waals surface area (Å²) < 4.78 is 65.0. The van der Waals surface area contributed by atoms with Gasteiger partial charge in [-0.3, -0.25) is 10.1 Å². The van der Waals surface area contributed by atoms with Crippen LogP contribution in [0.25, 0.3) is 52.8 Å². The zero-order chi connectivity index (χ0) is 53.5. The number of nitrogens with one attached hydrogen (secondary N) is 1. The highest BCUT2D eigenvalue weighted by Gasteiger charge is 2.19. The largest absolute Gasteiger partial charge is 0.394 e. The smallest absolute Gasteiger partial charge is 0.300 e. The van der Waals surface area contributed by atoms with Gasteiger partial charge < -0.3 is 78.1 Å². The maximum atomic E-state index is 10.9. The summed E-state index contributed by atoms with van der Waals surface area (Å²) in [4.78, 5) is 20.7. The predicted octanol–water partition coefficient (Wildman–Crippen LogP) is 3.13. The van der Waals surface area contributed by atoms with Gasteiger partial charge in [0, 0.05) is 79.2 Å². The van der Waals surface area contributed by atoms with E-state index in [0.29, 0.717) is 196 Å². The van der Waals surface area contributed by atoms with Crippen molar-refractivity contribution in [2.75, 3.05) is 217 Å². The second-order valence-electron chi connectivity index (χ2n) is 12.4. The lowest BCUT2D eigenvalue weighted by molar-refractivity contribution is -0.383. The van der Waals surface area contributed by atoms with E-state index >= 15 is 0 Å². The van der Waals surface area contributed by atoms with Crippen molar-refractivity contribution in [1.29, 1.82) is 0 Å². The standard InChI is InChI=1S/C12H15N7O5.C8H18O4.C6H12N6O2.C6H14N4O2.C6H14O4/c13-18-15-4-6-23-8-7-22-5-3-14-9-1-2-10(19(20)21)12-11(9)16-24-17-12;1-9-3-5-11-7-8-12-6-4-10-2;7-11-9-1-3-13-5-6-14-4-2-10-12-8;7-1-3-11-5-6-12-4-2-9-10-8;7-1-3-9-5-6-10-4-2-8/h1-2,14H,3-8H2;3-8H2,1-2H3;1-6H2;1-7H2;7-8H,1-6H2. The van der Waals surface area contributed by atoms with Crippen LogP contribution in [0.3, 0.4) is 0 Å². The molecule has 34 heteroatoms. The lowest BCUT2D eigenvalue weighted by Crippen LogP contribution is -2.13. The average molecular weight is 1040 g/mol. The number of benzene rings is 1. The van der Waals surface area contributed by atoms with Crippen LogP contribution >= 0.6 is 0 Å². The molecule has 0 saturated heterocycles. The maximum absolute atomic E-state index is 10.9. The summed E-state index contributed by atoms with van der Waals surface area (Å²) in [6, 6.07) is 2.89. The average Bonchev–Trinajstić information content (AvgIpc) is 3.89. The molecule has 1 aromatic carbocycles. The van der Waals surface area contributed by atoms with Gasteiger partial charge in [-0.2, -0.15) is 0 Å². The normalized spacial score (nSPS) is 9.96. The zero-order valence-electron chi connectivity index (χ0n) is 41.2. The summed E-state index contributed by atoms with van der Waals surface area (Å²) in [5, 5.41) is 50.9. The van der Waals surface area contributed by atoms with Gasteiger partial charge >= 0.3 is 5.69 Å². The number of methoxy groups -OCH3 is 2. The number of nitrogens with two attached hydrogens (primary N) is 1. The molecule has 0 unspecified atom stereocenters. The Balaban J connectivity index is -0.000000867. The van der Waals surface area contributed by atoms with Crippen molar-refractivity contribution in [3.63, 3.8) is 0 Å². The molecule has 412 valence electrons. The Morgan fingerprint density at radius 3 is 1.22 bits per heavy atom. The third kappa shape index (κ3) is 53.8. The van der Waals surface area contributed by atoms with Crippen molar-refractivity contribution in [2.24, 2.45) is 26.2 Å². The lowest BCUT2D eigenvalue weighted by Gasteiger charge is -2.07. The van der Waals surface area contributed by atoms with Crippen molar-refractivity contribution in [3.05, 3.63) is 64.0 Å². The summed E-state index contributed by atoms with van der Waals surface area (Å²) in [6.45, 7) is 13.1. The van der Waals surface area contributed by atoms with E-state index in [0.717, 1.165) is 0 Å². The van der Waals surface area contributed by atoms with Gasteiger partial charge in [-0.15, -0.1) is 0 Å². The maximum Gasteiger partial charge on any atom is 0.300 e. The molecule has 2 aromatic rings. The van der Waals surface area contributed by atoms with Crippen LogP contribution in [-0.4, -0.2) is 238 Å². The molecule has 1 aromatic heterocycles. The van der Waals surface area contributed by atoms with E-state index in [2.05, 4.69) is 60.4 Å². The van der Waals surface area contributed by atoms with Gasteiger partial charge in [0.2, 0.25) is 5.52 Å². The third-order valence-electron chi connectivity index (χ3n) is 7.21. The van der Waals surface area contributed by atoms with E-state index in [1.165, 1.54) is 6.07 Å².